The lowest BCUT2D eigenvalue weighted by Crippen LogP contribution is -2.42. The number of aryl methyl sites for hydroxylation is 2. The lowest BCUT2D eigenvalue weighted by atomic mass is 9.67. The van der Waals surface area contributed by atoms with Crippen LogP contribution in [-0.2, 0) is 17.3 Å². The molecule has 5 heteroatoms. The van der Waals surface area contributed by atoms with Gasteiger partial charge in [0.15, 0.2) is 5.58 Å². The Balaban J connectivity index is 1.70. The number of nitrogens with one attached hydrogen (secondary N) is 1. The van der Waals surface area contributed by atoms with Crippen LogP contribution in [0, 0.1) is 6.92 Å². The first-order valence-electron chi connectivity index (χ1n) is 9.48. The first-order chi connectivity index (χ1) is 13.0. The molecule has 4 rings (SSSR count). The van der Waals surface area contributed by atoms with Crippen molar-refractivity contribution in [2.45, 2.75) is 44.4 Å². The fourth-order valence-corrected chi connectivity index (χ4v) is 4.35. The van der Waals surface area contributed by atoms with E-state index in [0.717, 1.165) is 36.8 Å². The van der Waals surface area contributed by atoms with E-state index in [9.17, 15) is 9.59 Å². The Labute approximate surface area is 158 Å². The standard InChI is InChI=1S/C22H24N2O3/c1-15-8-4-5-9-17(15)22(12-6-3-7-13-22)20(25)23-16-10-11-18-19(14-16)27-21(26)24(18)2/h4-5,8-11,14H,3,6-7,12-13H2,1-2H3,(H,23,25). The van der Waals surface area contributed by atoms with Crippen molar-refractivity contribution in [2.24, 2.45) is 7.05 Å². The smallest absolute Gasteiger partial charge is 0.408 e. The minimum Gasteiger partial charge on any atom is -0.408 e. The third-order valence-corrected chi connectivity index (χ3v) is 5.85. The summed E-state index contributed by atoms with van der Waals surface area (Å²) in [4.78, 5) is 25.1. The van der Waals surface area contributed by atoms with Gasteiger partial charge in [-0.2, -0.15) is 0 Å². The molecule has 0 aliphatic heterocycles. The Morgan fingerprint density at radius 1 is 1.11 bits per heavy atom. The van der Waals surface area contributed by atoms with Gasteiger partial charge < -0.3 is 9.73 Å². The number of carbonyl (C=O) groups excluding carboxylic acids is 1. The van der Waals surface area contributed by atoms with Gasteiger partial charge in [-0.25, -0.2) is 4.79 Å². The molecule has 0 unspecified atom stereocenters. The predicted octanol–water partition coefficient (Wildman–Crippen LogP) is 4.28. The highest BCUT2D eigenvalue weighted by atomic mass is 16.4. The maximum Gasteiger partial charge on any atom is 0.419 e. The fourth-order valence-electron chi connectivity index (χ4n) is 4.35. The molecule has 0 radical (unpaired) electrons. The molecular formula is C22H24N2O3. The Morgan fingerprint density at radius 3 is 2.59 bits per heavy atom. The van der Waals surface area contributed by atoms with Crippen LogP contribution in [0.2, 0.25) is 0 Å². The van der Waals surface area contributed by atoms with Crippen molar-refractivity contribution < 1.29 is 9.21 Å². The number of amides is 1. The van der Waals surface area contributed by atoms with Crippen LogP contribution in [0.3, 0.4) is 0 Å². The van der Waals surface area contributed by atoms with Crippen LogP contribution in [0.1, 0.15) is 43.2 Å². The second-order valence-electron chi connectivity index (χ2n) is 7.52. The van der Waals surface area contributed by atoms with Crippen molar-refractivity contribution in [2.75, 3.05) is 5.32 Å². The Bertz CT molecular complexity index is 1050. The van der Waals surface area contributed by atoms with Crippen molar-refractivity contribution in [3.63, 3.8) is 0 Å². The monoisotopic (exact) mass is 364 g/mol. The Hall–Kier alpha value is -2.82. The lowest BCUT2D eigenvalue weighted by molar-refractivity contribution is -0.122. The SMILES string of the molecule is Cc1ccccc1C1(C(=O)Nc2ccc3c(c2)oc(=O)n3C)CCCCC1. The Kier molecular flexibility index (Phi) is 4.38. The van der Waals surface area contributed by atoms with Crippen LogP contribution >= 0.6 is 0 Å². The first kappa shape index (κ1) is 17.6. The molecule has 1 saturated carbocycles. The highest BCUT2D eigenvalue weighted by Gasteiger charge is 2.41. The van der Waals surface area contributed by atoms with E-state index < -0.39 is 11.2 Å². The molecule has 5 nitrogen and oxygen atoms in total. The maximum absolute atomic E-state index is 13.4. The summed E-state index contributed by atoms with van der Waals surface area (Å²) in [6.45, 7) is 2.07. The van der Waals surface area contributed by atoms with Crippen LogP contribution in [0.4, 0.5) is 5.69 Å². The fraction of sp³-hybridized carbons (Fsp3) is 0.364. The van der Waals surface area contributed by atoms with Crippen LogP contribution < -0.4 is 11.1 Å². The zero-order chi connectivity index (χ0) is 19.0. The molecule has 1 heterocycles. The number of oxazole rings is 1. The largest absolute Gasteiger partial charge is 0.419 e. The summed E-state index contributed by atoms with van der Waals surface area (Å²) in [5.74, 6) is -0.383. The number of fused-ring (bicyclic) bond motifs is 1. The molecular weight excluding hydrogens is 340 g/mol. The molecule has 0 spiro atoms. The van der Waals surface area contributed by atoms with Gasteiger partial charge in [0, 0.05) is 18.8 Å². The number of hydrogen-bond acceptors (Lipinski definition) is 3. The second-order valence-corrected chi connectivity index (χ2v) is 7.52. The third-order valence-electron chi connectivity index (χ3n) is 5.85. The van der Waals surface area contributed by atoms with E-state index >= 15 is 0 Å². The first-order valence-corrected chi connectivity index (χ1v) is 9.48. The molecule has 0 saturated heterocycles. The summed E-state index contributed by atoms with van der Waals surface area (Å²) in [5, 5.41) is 3.09. The molecule has 0 atom stereocenters. The van der Waals surface area contributed by atoms with Crippen molar-refractivity contribution in [3.05, 3.63) is 64.1 Å². The molecule has 1 fully saturated rings. The van der Waals surface area contributed by atoms with Gasteiger partial charge >= 0.3 is 5.76 Å². The van der Waals surface area contributed by atoms with E-state index in [1.54, 1.807) is 19.2 Å². The van der Waals surface area contributed by atoms with Crippen molar-refractivity contribution in [1.29, 1.82) is 0 Å². The van der Waals surface area contributed by atoms with Crippen molar-refractivity contribution in [1.82, 2.24) is 4.57 Å². The van der Waals surface area contributed by atoms with Gasteiger partial charge in [-0.3, -0.25) is 9.36 Å². The quantitative estimate of drug-likeness (QED) is 0.754. The van der Waals surface area contributed by atoms with Gasteiger partial charge in [-0.05, 0) is 43.0 Å². The number of hydrogen-bond donors (Lipinski definition) is 1. The molecule has 1 aliphatic carbocycles. The molecule has 3 aromatic rings. The van der Waals surface area contributed by atoms with Crippen LogP contribution in [0.5, 0.6) is 0 Å². The Morgan fingerprint density at radius 2 is 1.85 bits per heavy atom. The minimum absolute atomic E-state index is 0.0223. The van der Waals surface area contributed by atoms with E-state index in [4.69, 9.17) is 4.42 Å². The van der Waals surface area contributed by atoms with Crippen molar-refractivity contribution >= 4 is 22.7 Å². The summed E-state index contributed by atoms with van der Waals surface area (Å²) in [5.41, 5.74) is 3.61. The van der Waals surface area contributed by atoms with Gasteiger partial charge in [0.05, 0.1) is 10.9 Å². The summed E-state index contributed by atoms with van der Waals surface area (Å²) >= 11 is 0. The summed E-state index contributed by atoms with van der Waals surface area (Å²) in [6.07, 6.45) is 4.98. The summed E-state index contributed by atoms with van der Waals surface area (Å²) in [7, 11) is 1.67. The average molecular weight is 364 g/mol. The van der Waals surface area contributed by atoms with Gasteiger partial charge in [0.2, 0.25) is 5.91 Å². The third kappa shape index (κ3) is 2.97. The highest BCUT2D eigenvalue weighted by molar-refractivity contribution is 6.00. The number of anilines is 1. The van der Waals surface area contributed by atoms with Gasteiger partial charge in [0.25, 0.3) is 0 Å². The van der Waals surface area contributed by atoms with Crippen LogP contribution in [-0.4, -0.2) is 10.5 Å². The molecule has 0 bridgehead atoms. The molecule has 1 aliphatic rings. The van der Waals surface area contributed by atoms with Crippen molar-refractivity contribution in [3.8, 4) is 0 Å². The number of carbonyl (C=O) groups is 1. The van der Waals surface area contributed by atoms with Crippen LogP contribution in [0.15, 0.2) is 51.7 Å². The highest BCUT2D eigenvalue weighted by Crippen LogP contribution is 2.41. The predicted molar refractivity (Wildman–Crippen MR) is 106 cm³/mol. The number of nitrogens with zero attached hydrogens (tertiary/aromatic N) is 1. The zero-order valence-corrected chi connectivity index (χ0v) is 15.7. The van der Waals surface area contributed by atoms with Gasteiger partial charge in [-0.1, -0.05) is 43.5 Å². The molecule has 1 aromatic heterocycles. The molecule has 2 aromatic carbocycles. The molecule has 27 heavy (non-hydrogen) atoms. The number of rotatable bonds is 3. The minimum atomic E-state index is -0.504. The van der Waals surface area contributed by atoms with Gasteiger partial charge in [-0.15, -0.1) is 0 Å². The second kappa shape index (κ2) is 6.72. The van der Waals surface area contributed by atoms with E-state index in [0.29, 0.717) is 16.8 Å². The van der Waals surface area contributed by atoms with E-state index in [-0.39, 0.29) is 5.91 Å². The van der Waals surface area contributed by atoms with Crippen LogP contribution in [0.25, 0.3) is 11.1 Å². The molecule has 1 N–H and O–H groups in total. The maximum atomic E-state index is 13.4. The summed E-state index contributed by atoms with van der Waals surface area (Å²) in [6, 6.07) is 13.5. The normalized spacial score (nSPS) is 16.4. The number of benzene rings is 2. The van der Waals surface area contributed by atoms with E-state index in [2.05, 4.69) is 24.4 Å². The zero-order valence-electron chi connectivity index (χ0n) is 15.7. The number of aromatic nitrogens is 1. The van der Waals surface area contributed by atoms with E-state index in [1.165, 1.54) is 11.0 Å². The summed E-state index contributed by atoms with van der Waals surface area (Å²) < 4.78 is 6.71. The average Bonchev–Trinajstić information content (AvgIpc) is 2.96. The van der Waals surface area contributed by atoms with E-state index in [1.807, 2.05) is 18.2 Å². The van der Waals surface area contributed by atoms with Gasteiger partial charge in [0.1, 0.15) is 0 Å². The molecule has 140 valence electrons. The molecule has 1 amide bonds. The lowest BCUT2D eigenvalue weighted by Gasteiger charge is -2.37. The topological polar surface area (TPSA) is 64.2 Å².